The number of carbonyl (C=O) groups is 1. The molecule has 1 unspecified atom stereocenters. The molecule has 0 radical (unpaired) electrons. The van der Waals surface area contributed by atoms with Crippen molar-refractivity contribution in [1.29, 1.82) is 0 Å². The van der Waals surface area contributed by atoms with Crippen LogP contribution in [0, 0.1) is 6.92 Å². The Morgan fingerprint density at radius 1 is 1.11 bits per heavy atom. The molecular formula is C21H19N5O. The second kappa shape index (κ2) is 6.16. The number of nitrogens with one attached hydrogen (secondary N) is 1. The number of aryl methyl sites for hydroxylation is 1. The van der Waals surface area contributed by atoms with Crippen molar-refractivity contribution in [2.45, 2.75) is 32.2 Å². The van der Waals surface area contributed by atoms with Crippen LogP contribution in [0.1, 0.15) is 36.4 Å². The number of rotatable bonds is 2. The molecule has 2 aromatic heterocycles. The van der Waals surface area contributed by atoms with E-state index >= 15 is 0 Å². The molecule has 134 valence electrons. The number of carbonyl (C=O) groups excluding carboxylic acids is 1. The fraction of sp³-hybridized carbons (Fsp3) is 0.238. The first-order valence-corrected chi connectivity index (χ1v) is 9.18. The van der Waals surface area contributed by atoms with Crippen molar-refractivity contribution in [2.75, 3.05) is 5.32 Å². The molecule has 1 aliphatic carbocycles. The largest absolute Gasteiger partial charge is 0.328 e. The fourth-order valence-electron chi connectivity index (χ4n) is 3.95. The molecule has 2 aliphatic rings. The number of Topliss-reactive ketones (excluding diaryl/α,β-unsaturated/α-hetero) is 1. The third-order valence-corrected chi connectivity index (χ3v) is 5.28. The predicted molar refractivity (Wildman–Crippen MR) is 102 cm³/mol. The van der Waals surface area contributed by atoms with E-state index in [4.69, 9.17) is 10.1 Å². The van der Waals surface area contributed by atoms with E-state index in [9.17, 15) is 4.79 Å². The van der Waals surface area contributed by atoms with Crippen LogP contribution in [0.4, 0.5) is 5.95 Å². The van der Waals surface area contributed by atoms with Crippen LogP contribution in [0.25, 0.3) is 11.4 Å². The first-order valence-electron chi connectivity index (χ1n) is 9.18. The molecule has 1 aromatic carbocycles. The molecule has 1 atom stereocenters. The van der Waals surface area contributed by atoms with E-state index in [0.717, 1.165) is 40.8 Å². The number of benzene rings is 1. The van der Waals surface area contributed by atoms with Crippen LogP contribution in [0.15, 0.2) is 60.1 Å². The summed E-state index contributed by atoms with van der Waals surface area (Å²) in [5, 5.41) is 8.17. The molecule has 1 aliphatic heterocycles. The van der Waals surface area contributed by atoms with Gasteiger partial charge in [-0.25, -0.2) is 4.68 Å². The van der Waals surface area contributed by atoms with Gasteiger partial charge >= 0.3 is 0 Å². The maximum Gasteiger partial charge on any atom is 0.226 e. The summed E-state index contributed by atoms with van der Waals surface area (Å²) in [6.07, 6.45) is 5.81. The topological polar surface area (TPSA) is 72.7 Å². The third kappa shape index (κ3) is 2.56. The molecule has 0 saturated heterocycles. The summed E-state index contributed by atoms with van der Waals surface area (Å²) in [7, 11) is 0. The smallest absolute Gasteiger partial charge is 0.226 e. The summed E-state index contributed by atoms with van der Waals surface area (Å²) in [6, 6.07) is 11.7. The highest BCUT2D eigenvalue weighted by molar-refractivity contribution is 5.99. The number of hydrogen-bond donors (Lipinski definition) is 1. The normalized spacial score (nSPS) is 18.7. The Labute approximate surface area is 157 Å². The first kappa shape index (κ1) is 15.9. The van der Waals surface area contributed by atoms with Gasteiger partial charge in [0.1, 0.15) is 6.04 Å². The van der Waals surface area contributed by atoms with E-state index < -0.39 is 0 Å². The molecule has 0 bridgehead atoms. The summed E-state index contributed by atoms with van der Waals surface area (Å²) in [4.78, 5) is 21.7. The van der Waals surface area contributed by atoms with E-state index in [1.807, 2.05) is 35.0 Å². The van der Waals surface area contributed by atoms with Gasteiger partial charge in [-0.05, 0) is 43.0 Å². The fourth-order valence-corrected chi connectivity index (χ4v) is 3.95. The number of allylic oxidation sites excluding steroid dienone is 2. The highest BCUT2D eigenvalue weighted by Crippen LogP contribution is 2.40. The zero-order valence-electron chi connectivity index (χ0n) is 15.0. The van der Waals surface area contributed by atoms with Gasteiger partial charge in [0.2, 0.25) is 5.95 Å². The molecule has 6 heteroatoms. The van der Waals surface area contributed by atoms with Crippen molar-refractivity contribution < 1.29 is 4.79 Å². The van der Waals surface area contributed by atoms with E-state index in [2.05, 4.69) is 23.3 Å². The van der Waals surface area contributed by atoms with Gasteiger partial charge in [0.25, 0.3) is 0 Å². The van der Waals surface area contributed by atoms with Gasteiger partial charge in [-0.1, -0.05) is 24.3 Å². The minimum Gasteiger partial charge on any atom is -0.328 e. The first-order chi connectivity index (χ1) is 13.2. The Balaban J connectivity index is 1.70. The average molecular weight is 357 g/mol. The number of hydrogen-bond acceptors (Lipinski definition) is 5. The van der Waals surface area contributed by atoms with Crippen LogP contribution in [-0.4, -0.2) is 25.5 Å². The Morgan fingerprint density at radius 2 is 1.93 bits per heavy atom. The zero-order valence-corrected chi connectivity index (χ0v) is 15.0. The lowest BCUT2D eigenvalue weighted by molar-refractivity contribution is -0.116. The summed E-state index contributed by atoms with van der Waals surface area (Å²) in [6.45, 7) is 2.05. The Bertz CT molecular complexity index is 1070. The molecule has 0 fully saturated rings. The number of aromatic nitrogens is 4. The summed E-state index contributed by atoms with van der Waals surface area (Å²) in [5.74, 6) is 1.54. The van der Waals surface area contributed by atoms with E-state index in [-0.39, 0.29) is 11.8 Å². The van der Waals surface area contributed by atoms with Crippen molar-refractivity contribution in [1.82, 2.24) is 19.7 Å². The molecule has 5 rings (SSSR count). The molecule has 1 N–H and O–H groups in total. The van der Waals surface area contributed by atoms with Crippen molar-refractivity contribution >= 4 is 11.7 Å². The van der Waals surface area contributed by atoms with Crippen molar-refractivity contribution in [2.24, 2.45) is 0 Å². The standard InChI is InChI=1S/C21H19N5O/c1-13-5-2-3-6-15(13)20-24-21-23-16-7-4-8-17(27)18(16)19(26(21)25-20)14-9-11-22-12-10-14/h2-3,5-6,9-12,19H,4,7-8H2,1H3,(H,23,24,25). The van der Waals surface area contributed by atoms with Gasteiger partial charge in [-0.3, -0.25) is 9.78 Å². The van der Waals surface area contributed by atoms with Gasteiger partial charge in [-0.15, -0.1) is 5.10 Å². The molecule has 27 heavy (non-hydrogen) atoms. The van der Waals surface area contributed by atoms with E-state index in [1.165, 1.54) is 0 Å². The average Bonchev–Trinajstić information content (AvgIpc) is 3.11. The second-order valence-electron chi connectivity index (χ2n) is 7.00. The van der Waals surface area contributed by atoms with Crippen LogP contribution < -0.4 is 5.32 Å². The molecule has 0 spiro atoms. The number of anilines is 1. The van der Waals surface area contributed by atoms with Crippen molar-refractivity contribution in [3.63, 3.8) is 0 Å². The lowest BCUT2D eigenvalue weighted by atomic mass is 9.86. The molecule has 3 aromatic rings. The minimum absolute atomic E-state index is 0.184. The van der Waals surface area contributed by atoms with E-state index in [1.54, 1.807) is 12.4 Å². The number of ketones is 1. The predicted octanol–water partition coefficient (Wildman–Crippen LogP) is 3.67. The highest BCUT2D eigenvalue weighted by Gasteiger charge is 2.36. The van der Waals surface area contributed by atoms with Gasteiger partial charge in [0.05, 0.1) is 0 Å². The van der Waals surface area contributed by atoms with Gasteiger partial charge in [0, 0.05) is 35.6 Å². The van der Waals surface area contributed by atoms with Crippen molar-refractivity contribution in [3.05, 3.63) is 71.2 Å². The quantitative estimate of drug-likeness (QED) is 0.757. The molecule has 6 nitrogen and oxygen atoms in total. The number of fused-ring (bicyclic) bond motifs is 1. The zero-order chi connectivity index (χ0) is 18.4. The molecule has 3 heterocycles. The van der Waals surface area contributed by atoms with Gasteiger partial charge < -0.3 is 5.32 Å². The summed E-state index contributed by atoms with van der Waals surface area (Å²) < 4.78 is 1.85. The van der Waals surface area contributed by atoms with Gasteiger partial charge in [0.15, 0.2) is 11.6 Å². The summed E-state index contributed by atoms with van der Waals surface area (Å²) >= 11 is 0. The van der Waals surface area contributed by atoms with Gasteiger partial charge in [-0.2, -0.15) is 4.98 Å². The lowest BCUT2D eigenvalue weighted by Crippen LogP contribution is -2.31. The number of nitrogens with zero attached hydrogens (tertiary/aromatic N) is 4. The lowest BCUT2D eigenvalue weighted by Gasteiger charge is -2.32. The minimum atomic E-state index is -0.266. The van der Waals surface area contributed by atoms with E-state index in [0.29, 0.717) is 18.2 Å². The van der Waals surface area contributed by atoms with Crippen LogP contribution in [0.5, 0.6) is 0 Å². The SMILES string of the molecule is Cc1ccccc1-c1nc2n(n1)C(c1ccncc1)C1=C(CCCC1=O)N2. The van der Waals surface area contributed by atoms with Crippen LogP contribution in [0.2, 0.25) is 0 Å². The van der Waals surface area contributed by atoms with Crippen molar-refractivity contribution in [3.8, 4) is 11.4 Å². The van der Waals surface area contributed by atoms with Crippen LogP contribution >= 0.6 is 0 Å². The second-order valence-corrected chi connectivity index (χ2v) is 7.00. The summed E-state index contributed by atoms with van der Waals surface area (Å²) in [5.41, 5.74) is 4.90. The Hall–Kier alpha value is -3.28. The monoisotopic (exact) mass is 357 g/mol. The maximum absolute atomic E-state index is 12.8. The Morgan fingerprint density at radius 3 is 2.74 bits per heavy atom. The van der Waals surface area contributed by atoms with Crippen LogP contribution in [-0.2, 0) is 4.79 Å². The molecule has 0 amide bonds. The van der Waals surface area contributed by atoms with Crippen LogP contribution in [0.3, 0.4) is 0 Å². The third-order valence-electron chi connectivity index (χ3n) is 5.28. The number of pyridine rings is 1. The highest BCUT2D eigenvalue weighted by atomic mass is 16.1. The Kier molecular flexibility index (Phi) is 3.63. The molecule has 0 saturated carbocycles. The maximum atomic E-state index is 12.8. The molecular weight excluding hydrogens is 338 g/mol.